The molecule has 1 aliphatic heterocycles. The van der Waals surface area contributed by atoms with E-state index < -0.39 is 0 Å². The third kappa shape index (κ3) is 2.17. The highest BCUT2D eigenvalue weighted by molar-refractivity contribution is 9.09. The van der Waals surface area contributed by atoms with E-state index in [-0.39, 0.29) is 17.3 Å². The van der Waals surface area contributed by atoms with Crippen molar-refractivity contribution in [3.63, 3.8) is 0 Å². The van der Waals surface area contributed by atoms with Gasteiger partial charge in [-0.25, -0.2) is 0 Å². The van der Waals surface area contributed by atoms with Crippen LogP contribution in [0.5, 0.6) is 0 Å². The predicted molar refractivity (Wildman–Crippen MR) is 156 cm³/mol. The average Bonchev–Trinajstić information content (AvgIpc) is 2.94. The van der Waals surface area contributed by atoms with Gasteiger partial charge in [-0.2, -0.15) is 0 Å². The lowest BCUT2D eigenvalue weighted by Crippen LogP contribution is -2.39. The van der Waals surface area contributed by atoms with E-state index in [0.29, 0.717) is 11.1 Å². The Bertz CT molecular complexity index is 2190. The molecule has 4 heteroatoms. The molecule has 0 N–H and O–H groups in total. The fourth-order valence-electron chi connectivity index (χ4n) is 6.98. The van der Waals surface area contributed by atoms with Crippen LogP contribution in [0, 0.1) is 0 Å². The largest absolute Gasteiger partial charge is 0.269 e. The van der Waals surface area contributed by atoms with Crippen molar-refractivity contribution in [2.45, 2.75) is 0 Å². The fraction of sp³-hybridized carbons (Fsp3) is 0.0303. The molecule has 0 unspecified atom stereocenters. The molecule has 8 aromatic carbocycles. The molecular formula is C33H16BrNO2. The van der Waals surface area contributed by atoms with E-state index in [1.54, 1.807) is 0 Å². The molecule has 1 heterocycles. The molecule has 0 atom stereocenters. The number of hydrogen-bond donors (Lipinski definition) is 0. The molecule has 0 spiro atoms. The first-order valence-electron chi connectivity index (χ1n) is 12.3. The molecule has 0 saturated carbocycles. The number of halogens is 1. The molecule has 0 aromatic heterocycles. The maximum Gasteiger partial charge on any atom is 0.262 e. The van der Waals surface area contributed by atoms with Crippen molar-refractivity contribution in [3.8, 4) is 0 Å². The second-order valence-corrected chi connectivity index (χ2v) is 10.5. The predicted octanol–water partition coefficient (Wildman–Crippen LogP) is 8.58. The minimum atomic E-state index is -0.251. The maximum atomic E-state index is 13.2. The van der Waals surface area contributed by atoms with E-state index in [1.165, 1.54) is 48.0 Å². The Hall–Kier alpha value is -4.28. The van der Waals surface area contributed by atoms with Crippen LogP contribution in [-0.2, 0) is 0 Å². The molecule has 8 aromatic rings. The number of alkyl halides is 1. The summed E-state index contributed by atoms with van der Waals surface area (Å²) in [6.45, 7) is 0. The highest BCUT2D eigenvalue weighted by Gasteiger charge is 2.33. The van der Waals surface area contributed by atoms with Crippen LogP contribution in [0.25, 0.3) is 75.4 Å². The van der Waals surface area contributed by atoms with Gasteiger partial charge in [-0.05, 0) is 82.2 Å². The Morgan fingerprint density at radius 2 is 0.838 bits per heavy atom. The molecular weight excluding hydrogens is 522 g/mol. The van der Waals surface area contributed by atoms with Gasteiger partial charge in [0.15, 0.2) is 0 Å². The zero-order valence-corrected chi connectivity index (χ0v) is 21.0. The molecule has 0 aliphatic carbocycles. The monoisotopic (exact) mass is 537 g/mol. The third-order valence-electron chi connectivity index (χ3n) is 8.46. The summed E-state index contributed by atoms with van der Waals surface area (Å²) in [4.78, 5) is 27.7. The summed E-state index contributed by atoms with van der Waals surface area (Å²) in [6.07, 6.45) is 0. The van der Waals surface area contributed by atoms with E-state index in [9.17, 15) is 9.59 Å². The topological polar surface area (TPSA) is 37.4 Å². The van der Waals surface area contributed by atoms with Gasteiger partial charge in [0, 0.05) is 16.5 Å². The van der Waals surface area contributed by atoms with Crippen LogP contribution < -0.4 is 0 Å². The molecule has 9 rings (SSSR count). The first-order chi connectivity index (χ1) is 18.2. The van der Waals surface area contributed by atoms with Crippen molar-refractivity contribution >= 4 is 103 Å². The zero-order valence-electron chi connectivity index (χ0n) is 19.4. The van der Waals surface area contributed by atoms with E-state index in [2.05, 4.69) is 88.7 Å². The number of nitrogens with zero attached hydrogens (tertiary/aromatic N) is 1. The highest BCUT2D eigenvalue weighted by Crippen LogP contribution is 2.48. The molecule has 1 aliphatic rings. The Kier molecular flexibility index (Phi) is 3.50. The second kappa shape index (κ2) is 6.53. The first kappa shape index (κ1) is 19.9. The minimum absolute atomic E-state index is 0.178. The van der Waals surface area contributed by atoms with Crippen LogP contribution >= 0.6 is 15.9 Å². The van der Waals surface area contributed by atoms with E-state index in [1.807, 2.05) is 12.1 Å². The van der Waals surface area contributed by atoms with Crippen molar-refractivity contribution in [2.24, 2.45) is 0 Å². The van der Waals surface area contributed by atoms with Gasteiger partial charge in [-0.1, -0.05) is 88.7 Å². The molecule has 3 nitrogen and oxygen atoms in total. The quantitative estimate of drug-likeness (QED) is 0.0690. The van der Waals surface area contributed by atoms with Crippen molar-refractivity contribution in [1.82, 2.24) is 4.90 Å². The molecule has 172 valence electrons. The Labute approximate surface area is 218 Å². The summed E-state index contributed by atoms with van der Waals surface area (Å²) in [5, 5.41) is 16.4. The number of benzene rings is 8. The highest BCUT2D eigenvalue weighted by atomic mass is 79.9. The van der Waals surface area contributed by atoms with Gasteiger partial charge in [0.05, 0.1) is 5.45 Å². The van der Waals surface area contributed by atoms with Crippen molar-refractivity contribution in [1.29, 1.82) is 0 Å². The number of hydrogen-bond acceptors (Lipinski definition) is 2. The number of rotatable bonds is 1. The van der Waals surface area contributed by atoms with Crippen molar-refractivity contribution in [3.05, 3.63) is 96.1 Å². The van der Waals surface area contributed by atoms with Crippen molar-refractivity contribution in [2.75, 3.05) is 5.45 Å². The Balaban J connectivity index is 1.56. The lowest BCUT2D eigenvalue weighted by Gasteiger charge is -2.27. The lowest BCUT2D eigenvalue weighted by atomic mass is 9.82. The Morgan fingerprint density at radius 1 is 0.459 bits per heavy atom. The summed E-state index contributed by atoms with van der Waals surface area (Å²) in [5.41, 5.74) is 1.35. The van der Waals surface area contributed by atoms with Gasteiger partial charge in [-0.15, -0.1) is 0 Å². The summed E-state index contributed by atoms with van der Waals surface area (Å²) < 4.78 is 0. The number of fused-ring (bicyclic) bond motifs is 4. The number of amides is 2. The summed E-state index contributed by atoms with van der Waals surface area (Å²) in [7, 11) is 0. The molecule has 0 radical (unpaired) electrons. The van der Waals surface area contributed by atoms with Gasteiger partial charge in [0.2, 0.25) is 0 Å². The second-order valence-electron chi connectivity index (χ2n) is 10.0. The molecule has 0 fully saturated rings. The van der Waals surface area contributed by atoms with Crippen LogP contribution in [-0.4, -0.2) is 22.2 Å². The third-order valence-corrected chi connectivity index (χ3v) is 8.96. The van der Waals surface area contributed by atoms with Crippen LogP contribution in [0.15, 0.2) is 84.9 Å². The van der Waals surface area contributed by atoms with Gasteiger partial charge >= 0.3 is 0 Å². The molecule has 0 bridgehead atoms. The van der Waals surface area contributed by atoms with Gasteiger partial charge in [0.1, 0.15) is 0 Å². The van der Waals surface area contributed by atoms with Crippen LogP contribution in [0.4, 0.5) is 0 Å². The lowest BCUT2D eigenvalue weighted by molar-refractivity contribution is 0.0643. The fourth-order valence-corrected chi connectivity index (χ4v) is 7.43. The number of carbonyl (C=O) groups is 2. The van der Waals surface area contributed by atoms with Crippen LogP contribution in [0.3, 0.4) is 0 Å². The van der Waals surface area contributed by atoms with E-state index >= 15 is 0 Å². The summed E-state index contributed by atoms with van der Waals surface area (Å²) in [5.74, 6) is -0.502. The SMILES string of the molecule is O=C1c2ccc3c4ccc5c6cccc7cccc(c8ccc(c9ccc(c2c39)C(=O)N1CBr)c4c58)c76. The maximum absolute atomic E-state index is 13.2. The summed E-state index contributed by atoms with van der Waals surface area (Å²) >= 11 is 3.32. The Morgan fingerprint density at radius 3 is 1.27 bits per heavy atom. The average molecular weight is 538 g/mol. The summed E-state index contributed by atoms with van der Waals surface area (Å²) in [6, 6.07) is 30.0. The van der Waals surface area contributed by atoms with Crippen LogP contribution in [0.1, 0.15) is 20.7 Å². The van der Waals surface area contributed by atoms with E-state index in [0.717, 1.165) is 32.3 Å². The van der Waals surface area contributed by atoms with Crippen LogP contribution in [0.2, 0.25) is 0 Å². The zero-order chi connectivity index (χ0) is 24.6. The smallest absolute Gasteiger partial charge is 0.262 e. The van der Waals surface area contributed by atoms with E-state index in [4.69, 9.17) is 0 Å². The normalized spacial score (nSPS) is 14.2. The number of carbonyl (C=O) groups excluding carboxylic acids is 2. The van der Waals surface area contributed by atoms with Gasteiger partial charge < -0.3 is 0 Å². The van der Waals surface area contributed by atoms with Crippen molar-refractivity contribution < 1.29 is 9.59 Å². The molecule has 2 amide bonds. The van der Waals surface area contributed by atoms with Gasteiger partial charge in [0.25, 0.3) is 11.8 Å². The molecule has 0 saturated heterocycles. The molecule has 37 heavy (non-hydrogen) atoms. The standard InChI is InChI=1S/C33H16BrNO2/c34-15-35-32(36)25-13-11-23-21-9-7-19-17-5-1-3-16-4-2-6-18(27(16)17)20-8-10-22(29(21)28(19)20)24-12-14-26(33(35)37)31(25)30(23)24/h1-14H,15H2. The number of imide groups is 1. The first-order valence-corrected chi connectivity index (χ1v) is 13.4. The van der Waals surface area contributed by atoms with Gasteiger partial charge in [-0.3, -0.25) is 14.5 Å². The minimum Gasteiger partial charge on any atom is -0.269 e.